The highest BCUT2D eigenvalue weighted by Gasteiger charge is 2.31. The third kappa shape index (κ3) is 1.91. The molecule has 1 aliphatic rings. The largest absolute Gasteiger partial charge is 0.394 e. The molecule has 1 fully saturated rings. The van der Waals surface area contributed by atoms with Crippen molar-refractivity contribution in [2.45, 2.75) is 17.7 Å². The van der Waals surface area contributed by atoms with Gasteiger partial charge >= 0.3 is 0 Å². The van der Waals surface area contributed by atoms with E-state index < -0.39 is 6.04 Å². The predicted molar refractivity (Wildman–Crippen MR) is 47.1 cm³/mol. The molecule has 0 bridgehead atoms. The maximum atomic E-state index is 11.2. The van der Waals surface area contributed by atoms with Crippen molar-refractivity contribution in [3.8, 4) is 0 Å². The summed E-state index contributed by atoms with van der Waals surface area (Å²) in [6.45, 7) is 0.138. The molecule has 1 aliphatic heterocycles. The maximum absolute atomic E-state index is 11.2. The lowest BCUT2D eigenvalue weighted by molar-refractivity contribution is -0.131. The summed E-state index contributed by atoms with van der Waals surface area (Å²) in [5.41, 5.74) is 0. The first-order valence-electron chi connectivity index (χ1n) is 3.88. The van der Waals surface area contributed by atoms with Gasteiger partial charge in [0, 0.05) is 18.2 Å². The molecule has 1 saturated heterocycles. The highest BCUT2D eigenvalue weighted by atomic mass is 32.1. The van der Waals surface area contributed by atoms with Crippen LogP contribution in [0.25, 0.3) is 0 Å². The number of aliphatic hydroxyl groups excluding tert-OH is 2. The van der Waals surface area contributed by atoms with Crippen LogP contribution in [-0.2, 0) is 4.79 Å². The topological polar surface area (TPSA) is 60.8 Å². The Morgan fingerprint density at radius 1 is 1.58 bits per heavy atom. The number of carbonyl (C=O) groups is 1. The van der Waals surface area contributed by atoms with E-state index >= 15 is 0 Å². The smallest absolute Gasteiger partial charge is 0.224 e. The minimum Gasteiger partial charge on any atom is -0.394 e. The van der Waals surface area contributed by atoms with Crippen molar-refractivity contribution in [3.05, 3.63) is 0 Å². The van der Waals surface area contributed by atoms with E-state index in [-0.39, 0.29) is 24.4 Å². The first kappa shape index (κ1) is 9.83. The van der Waals surface area contributed by atoms with Crippen molar-refractivity contribution >= 4 is 18.5 Å². The third-order valence-corrected chi connectivity index (χ3v) is 2.35. The van der Waals surface area contributed by atoms with Crippen LogP contribution in [0.3, 0.4) is 0 Å². The fraction of sp³-hybridized carbons (Fsp3) is 0.857. The predicted octanol–water partition coefficient (Wildman–Crippen LogP) is -1.13. The normalized spacial score (nSPS) is 24.2. The van der Waals surface area contributed by atoms with Gasteiger partial charge in [0.15, 0.2) is 0 Å². The van der Waals surface area contributed by atoms with Gasteiger partial charge in [-0.1, -0.05) is 0 Å². The lowest BCUT2D eigenvalue weighted by atomic mass is 10.3. The minimum absolute atomic E-state index is 0.0388. The number of carbonyl (C=O) groups excluding carboxylic acids is 1. The van der Waals surface area contributed by atoms with Gasteiger partial charge in [-0.3, -0.25) is 4.79 Å². The van der Waals surface area contributed by atoms with Crippen molar-refractivity contribution in [2.24, 2.45) is 0 Å². The van der Waals surface area contributed by atoms with Gasteiger partial charge in [0.1, 0.15) is 0 Å². The lowest BCUT2D eigenvalue weighted by Gasteiger charge is -2.24. The summed E-state index contributed by atoms with van der Waals surface area (Å²) >= 11 is 4.16. The average molecular weight is 191 g/mol. The number of thiol groups is 1. The molecule has 0 saturated carbocycles. The number of rotatable bonds is 3. The van der Waals surface area contributed by atoms with Crippen molar-refractivity contribution in [3.63, 3.8) is 0 Å². The monoisotopic (exact) mass is 191 g/mol. The minimum atomic E-state index is -0.449. The standard InChI is InChI=1S/C7H13NO3S/c9-3-5(4-10)8-2-6(12)1-7(8)11/h5-6,9-10,12H,1-4H2. The molecule has 1 unspecified atom stereocenters. The van der Waals surface area contributed by atoms with E-state index in [2.05, 4.69) is 12.6 Å². The van der Waals surface area contributed by atoms with Crippen LogP contribution in [0.15, 0.2) is 0 Å². The highest BCUT2D eigenvalue weighted by Crippen LogP contribution is 2.18. The molecule has 0 aromatic rings. The molecule has 4 nitrogen and oxygen atoms in total. The second kappa shape index (κ2) is 4.11. The number of amides is 1. The Balaban J connectivity index is 2.56. The van der Waals surface area contributed by atoms with E-state index in [0.717, 1.165) is 0 Å². The zero-order chi connectivity index (χ0) is 9.14. The van der Waals surface area contributed by atoms with Crippen LogP contribution in [0.2, 0.25) is 0 Å². The molecule has 0 aromatic heterocycles. The molecule has 0 spiro atoms. The molecule has 0 aliphatic carbocycles. The summed E-state index contributed by atoms with van der Waals surface area (Å²) in [6.07, 6.45) is 0.402. The summed E-state index contributed by atoms with van der Waals surface area (Å²) in [7, 11) is 0. The van der Waals surface area contributed by atoms with Gasteiger partial charge in [0.2, 0.25) is 5.91 Å². The fourth-order valence-electron chi connectivity index (χ4n) is 1.32. The van der Waals surface area contributed by atoms with Crippen LogP contribution in [0.1, 0.15) is 6.42 Å². The molecule has 0 radical (unpaired) electrons. The summed E-state index contributed by atoms with van der Waals surface area (Å²) in [5, 5.41) is 17.7. The zero-order valence-electron chi connectivity index (χ0n) is 6.68. The van der Waals surface area contributed by atoms with Gasteiger partial charge < -0.3 is 15.1 Å². The molecule has 1 rings (SSSR count). The van der Waals surface area contributed by atoms with Crippen molar-refractivity contribution in [2.75, 3.05) is 19.8 Å². The molecule has 5 heteroatoms. The Kier molecular flexibility index (Phi) is 3.37. The van der Waals surface area contributed by atoms with E-state index in [0.29, 0.717) is 13.0 Å². The molecule has 0 aromatic carbocycles. The molecular weight excluding hydrogens is 178 g/mol. The van der Waals surface area contributed by atoms with Crippen LogP contribution in [-0.4, -0.2) is 52.1 Å². The molecular formula is C7H13NO3S. The van der Waals surface area contributed by atoms with E-state index in [1.54, 1.807) is 0 Å². The Bertz CT molecular complexity index is 172. The number of aliphatic hydroxyl groups is 2. The number of nitrogens with zero attached hydrogens (tertiary/aromatic N) is 1. The van der Waals surface area contributed by atoms with Crippen LogP contribution >= 0.6 is 12.6 Å². The quantitative estimate of drug-likeness (QED) is 0.495. The average Bonchev–Trinajstić information content (AvgIpc) is 2.34. The Labute approximate surface area is 76.6 Å². The zero-order valence-corrected chi connectivity index (χ0v) is 7.57. The summed E-state index contributed by atoms with van der Waals surface area (Å²) in [6, 6.07) is -0.449. The third-order valence-electron chi connectivity index (χ3n) is 2.00. The van der Waals surface area contributed by atoms with Crippen molar-refractivity contribution in [1.82, 2.24) is 4.90 Å². The number of likely N-dealkylation sites (tertiary alicyclic amines) is 1. The van der Waals surface area contributed by atoms with E-state index in [9.17, 15) is 4.79 Å². The van der Waals surface area contributed by atoms with Crippen LogP contribution < -0.4 is 0 Å². The van der Waals surface area contributed by atoms with E-state index in [1.807, 2.05) is 0 Å². The molecule has 12 heavy (non-hydrogen) atoms. The van der Waals surface area contributed by atoms with Gasteiger partial charge in [0.05, 0.1) is 19.3 Å². The highest BCUT2D eigenvalue weighted by molar-refractivity contribution is 7.81. The van der Waals surface area contributed by atoms with E-state index in [1.165, 1.54) is 4.90 Å². The summed E-state index contributed by atoms with van der Waals surface area (Å²) in [5.74, 6) is -0.0388. The van der Waals surface area contributed by atoms with E-state index in [4.69, 9.17) is 10.2 Å². The molecule has 70 valence electrons. The lowest BCUT2D eigenvalue weighted by Crippen LogP contribution is -2.41. The summed E-state index contributed by atoms with van der Waals surface area (Å²) < 4.78 is 0. The van der Waals surface area contributed by atoms with Crippen molar-refractivity contribution < 1.29 is 15.0 Å². The number of hydrogen-bond donors (Lipinski definition) is 3. The Morgan fingerprint density at radius 2 is 2.17 bits per heavy atom. The second-order valence-electron chi connectivity index (χ2n) is 2.92. The molecule has 1 amide bonds. The number of hydrogen-bond acceptors (Lipinski definition) is 4. The molecule has 2 N–H and O–H groups in total. The maximum Gasteiger partial charge on any atom is 0.224 e. The van der Waals surface area contributed by atoms with Gasteiger partial charge in [-0.15, -0.1) is 0 Å². The van der Waals surface area contributed by atoms with Gasteiger partial charge in [-0.05, 0) is 0 Å². The molecule has 1 heterocycles. The van der Waals surface area contributed by atoms with Crippen LogP contribution in [0.4, 0.5) is 0 Å². The van der Waals surface area contributed by atoms with Crippen LogP contribution in [0.5, 0.6) is 0 Å². The first-order chi connectivity index (χ1) is 5.69. The van der Waals surface area contributed by atoms with Gasteiger partial charge in [-0.2, -0.15) is 12.6 Å². The van der Waals surface area contributed by atoms with Gasteiger partial charge in [-0.25, -0.2) is 0 Å². The Hall–Kier alpha value is -0.260. The Morgan fingerprint density at radius 3 is 2.50 bits per heavy atom. The molecule has 1 atom stereocenters. The fourth-order valence-corrected chi connectivity index (χ4v) is 1.65. The van der Waals surface area contributed by atoms with Crippen LogP contribution in [0, 0.1) is 0 Å². The van der Waals surface area contributed by atoms with Gasteiger partial charge in [0.25, 0.3) is 0 Å². The second-order valence-corrected chi connectivity index (χ2v) is 3.65. The SMILES string of the molecule is O=C1CC(S)CN1C(CO)CO. The first-order valence-corrected chi connectivity index (χ1v) is 4.40. The van der Waals surface area contributed by atoms with Crippen molar-refractivity contribution in [1.29, 1.82) is 0 Å². The summed E-state index contributed by atoms with van der Waals surface area (Å²) in [4.78, 5) is 12.7.